The zero-order valence-corrected chi connectivity index (χ0v) is 32.0. The van der Waals surface area contributed by atoms with Crippen LogP contribution < -0.4 is 10.0 Å². The maximum absolute atomic E-state index is 15.4. The molecule has 2 aliphatic heterocycles. The number of piperazine rings is 1. The van der Waals surface area contributed by atoms with Gasteiger partial charge in [-0.3, -0.25) is 9.11 Å². The summed E-state index contributed by atoms with van der Waals surface area (Å²) in [4.78, 5) is 23.7. The van der Waals surface area contributed by atoms with E-state index < -0.39 is 28.5 Å². The summed E-state index contributed by atoms with van der Waals surface area (Å²) in [7, 11) is -0.0146. The number of amidine groups is 1. The van der Waals surface area contributed by atoms with Crippen molar-refractivity contribution in [2.75, 3.05) is 37.2 Å². The molecule has 2 aliphatic rings. The minimum absolute atomic E-state index is 0.0101. The Hall–Kier alpha value is -3.62. The maximum Gasteiger partial charge on any atom is 0.410 e. The number of fused-ring (bicyclic) bond motifs is 1. The number of carbonyl (C=O) groups excluding carboxylic acids is 1. The van der Waals surface area contributed by atoms with Gasteiger partial charge < -0.3 is 25.2 Å². The van der Waals surface area contributed by atoms with Crippen LogP contribution in [0, 0.1) is 12.7 Å². The molecule has 2 atom stereocenters. The second-order valence-corrected chi connectivity index (χ2v) is 16.8. The minimum Gasteiger partial charge on any atom is -0.444 e. The van der Waals surface area contributed by atoms with Crippen LogP contribution in [0.5, 0.6) is 0 Å². The smallest absolute Gasteiger partial charge is 0.410 e. The van der Waals surface area contributed by atoms with Gasteiger partial charge in [0.15, 0.2) is 11.7 Å². The molecule has 1 amide bonds. The first-order valence-electron chi connectivity index (χ1n) is 16.7. The van der Waals surface area contributed by atoms with Crippen LogP contribution >= 0.6 is 22.6 Å². The molecule has 0 bridgehead atoms. The summed E-state index contributed by atoms with van der Waals surface area (Å²) in [5, 5.41) is 0.113. The van der Waals surface area contributed by atoms with Crippen molar-refractivity contribution in [1.29, 1.82) is 0 Å². The molecule has 1 saturated heterocycles. The molecule has 1 aromatic heterocycles. The van der Waals surface area contributed by atoms with Gasteiger partial charge in [0.1, 0.15) is 11.4 Å². The summed E-state index contributed by atoms with van der Waals surface area (Å²) < 4.78 is 51.4. The van der Waals surface area contributed by atoms with Crippen LogP contribution in [0.1, 0.15) is 76.6 Å². The number of aryl methyl sites for hydroxylation is 1. The van der Waals surface area contributed by atoms with Crippen molar-refractivity contribution in [2.24, 2.45) is 4.40 Å². The van der Waals surface area contributed by atoms with E-state index in [-0.39, 0.29) is 51.6 Å². The zero-order chi connectivity index (χ0) is 37.0. The summed E-state index contributed by atoms with van der Waals surface area (Å²) in [5.41, 5.74) is 9.50. The van der Waals surface area contributed by atoms with Crippen molar-refractivity contribution in [2.45, 2.75) is 85.5 Å². The van der Waals surface area contributed by atoms with Gasteiger partial charge in [-0.15, -0.1) is 4.40 Å². The fourth-order valence-electron chi connectivity index (χ4n) is 6.58. The summed E-state index contributed by atoms with van der Waals surface area (Å²) in [6, 6.07) is 9.42. The number of halogens is 2. The average Bonchev–Trinajstić information content (AvgIpc) is 2.97. The van der Waals surface area contributed by atoms with Crippen molar-refractivity contribution >= 4 is 51.7 Å². The highest BCUT2D eigenvalue weighted by molar-refractivity contribution is 8.24. The van der Waals surface area contributed by atoms with Gasteiger partial charge in [-0.1, -0.05) is 43.6 Å². The number of pyridine rings is 1. The first-order chi connectivity index (χ1) is 23.2. The van der Waals surface area contributed by atoms with Gasteiger partial charge in [0.25, 0.3) is 0 Å². The van der Waals surface area contributed by atoms with Crippen LogP contribution in [-0.4, -0.2) is 85.6 Å². The number of benzene rings is 2. The van der Waals surface area contributed by atoms with Crippen LogP contribution in [0.25, 0.3) is 11.3 Å². The molecule has 5 rings (SSSR count). The number of nitrogen functional groups attached to an aromatic ring is 1. The Morgan fingerprint density at radius 1 is 1.16 bits per heavy atom. The van der Waals surface area contributed by atoms with Crippen molar-refractivity contribution in [3.05, 3.63) is 69.5 Å². The highest BCUT2D eigenvalue weighted by Crippen LogP contribution is 2.59. The molecular formula is C36H49ClFN7O4S. The van der Waals surface area contributed by atoms with E-state index in [0.29, 0.717) is 30.9 Å². The van der Waals surface area contributed by atoms with E-state index in [4.69, 9.17) is 27.1 Å². The van der Waals surface area contributed by atoms with E-state index in [1.807, 2.05) is 80.5 Å². The Balaban J connectivity index is 1.73. The zero-order valence-electron chi connectivity index (χ0n) is 30.5. The predicted octanol–water partition coefficient (Wildman–Crippen LogP) is 8.43. The van der Waals surface area contributed by atoms with Gasteiger partial charge in [-0.05, 0) is 107 Å². The van der Waals surface area contributed by atoms with E-state index in [1.165, 1.54) is 16.4 Å². The van der Waals surface area contributed by atoms with Crippen LogP contribution in [0.2, 0.25) is 5.02 Å². The van der Waals surface area contributed by atoms with Crippen LogP contribution in [-0.2, 0) is 11.3 Å². The summed E-state index contributed by atoms with van der Waals surface area (Å²) >= 11 is 6.91. The second kappa shape index (κ2) is 13.8. The van der Waals surface area contributed by atoms with Crippen molar-refractivity contribution < 1.29 is 23.0 Å². The molecule has 0 unspecified atom stereocenters. The SMILES string of the molecule is Cc1cc(CN(C)C)cc(C(C)C)c1N1c2nc(-c3c(N)cccc3F)c(Cl)cc2C(N2C[C@@H](C)N(C(=O)OC(C)(C)C)C[C@@H]2C)=NS1(O)O. The Bertz CT molecular complexity index is 1810. The van der Waals surface area contributed by atoms with Crippen molar-refractivity contribution in [3.8, 4) is 11.3 Å². The van der Waals surface area contributed by atoms with E-state index in [0.717, 1.165) is 16.7 Å². The summed E-state index contributed by atoms with van der Waals surface area (Å²) in [6.07, 6.45) is -0.427. The number of hydrogen-bond donors (Lipinski definition) is 3. The van der Waals surface area contributed by atoms with Gasteiger partial charge in [0.05, 0.1) is 27.5 Å². The number of aromatic nitrogens is 1. The fourth-order valence-corrected chi connectivity index (χ4v) is 8.20. The third-order valence-corrected chi connectivity index (χ3v) is 10.3. The molecule has 0 spiro atoms. The fraction of sp³-hybridized carbons (Fsp3) is 0.472. The Labute approximate surface area is 301 Å². The van der Waals surface area contributed by atoms with E-state index in [1.54, 1.807) is 17.0 Å². The van der Waals surface area contributed by atoms with Gasteiger partial charge in [0, 0.05) is 37.4 Å². The molecular weight excluding hydrogens is 681 g/mol. The van der Waals surface area contributed by atoms with E-state index in [2.05, 4.69) is 15.4 Å². The van der Waals surface area contributed by atoms with Gasteiger partial charge >= 0.3 is 6.09 Å². The standard InChI is InChI=1S/C36H49ClFN7O4S/c1-20(2)25-15-24(19-42(9)10)14-21(3)32(25)45-33-26(16-27(37)31(40-33)30-28(38)12-11-13-29(30)39)34(41-50(45,47)48)43-17-23(5)44(18-22(43)4)35(46)49-36(6,7)8/h11-16,20,22-23,47-48H,17-19,39H2,1-10H3/t22-,23+/m0/s1. The molecule has 0 radical (unpaired) electrons. The number of hydrogen-bond acceptors (Lipinski definition) is 10. The molecule has 0 aliphatic carbocycles. The number of carbonyl (C=O) groups is 1. The number of amides is 1. The highest BCUT2D eigenvalue weighted by Gasteiger charge is 2.43. The normalized spacial score (nSPS) is 19.8. The Kier molecular flexibility index (Phi) is 10.4. The lowest BCUT2D eigenvalue weighted by atomic mass is 9.94. The third-order valence-electron chi connectivity index (χ3n) is 8.73. The molecule has 2 aromatic carbocycles. The first kappa shape index (κ1) is 37.6. The number of nitrogens with zero attached hydrogens (tertiary/aromatic N) is 6. The van der Waals surface area contributed by atoms with Crippen molar-refractivity contribution in [3.63, 3.8) is 0 Å². The second-order valence-electron chi connectivity index (χ2n) is 14.8. The quantitative estimate of drug-likeness (QED) is 0.222. The lowest BCUT2D eigenvalue weighted by Crippen LogP contribution is -2.60. The Morgan fingerprint density at radius 2 is 1.84 bits per heavy atom. The topological polar surface area (TPSA) is 131 Å². The molecule has 3 aromatic rings. The van der Waals surface area contributed by atoms with Gasteiger partial charge in [0.2, 0.25) is 0 Å². The summed E-state index contributed by atoms with van der Waals surface area (Å²) in [5.74, 6) is -0.229. The van der Waals surface area contributed by atoms with Crippen LogP contribution in [0.4, 0.5) is 26.4 Å². The maximum atomic E-state index is 15.4. The molecule has 4 N–H and O–H groups in total. The molecule has 14 heteroatoms. The monoisotopic (exact) mass is 729 g/mol. The molecule has 3 heterocycles. The predicted molar refractivity (Wildman–Crippen MR) is 202 cm³/mol. The molecule has 0 saturated carbocycles. The van der Waals surface area contributed by atoms with Crippen molar-refractivity contribution in [1.82, 2.24) is 19.7 Å². The third kappa shape index (κ3) is 7.38. The minimum atomic E-state index is -4.00. The number of ether oxygens (including phenoxy) is 1. The van der Waals surface area contributed by atoms with Crippen LogP contribution in [0.15, 0.2) is 40.8 Å². The molecule has 50 heavy (non-hydrogen) atoms. The highest BCUT2D eigenvalue weighted by atomic mass is 35.5. The largest absolute Gasteiger partial charge is 0.444 e. The molecule has 1 fully saturated rings. The number of nitrogens with two attached hydrogens (primary N) is 1. The summed E-state index contributed by atoms with van der Waals surface area (Å²) in [6.45, 7) is 16.6. The lowest BCUT2D eigenvalue weighted by Gasteiger charge is -2.49. The lowest BCUT2D eigenvalue weighted by molar-refractivity contribution is 0.000495. The van der Waals surface area contributed by atoms with E-state index in [9.17, 15) is 13.9 Å². The first-order valence-corrected chi connectivity index (χ1v) is 18.5. The number of anilines is 3. The number of rotatable bonds is 5. The molecule has 11 nitrogen and oxygen atoms in total. The van der Waals surface area contributed by atoms with E-state index >= 15 is 4.39 Å². The van der Waals surface area contributed by atoms with Crippen LogP contribution in [0.3, 0.4) is 0 Å². The van der Waals surface area contributed by atoms with Gasteiger partial charge in [-0.2, -0.15) is 0 Å². The average molecular weight is 730 g/mol. The van der Waals surface area contributed by atoms with Gasteiger partial charge in [-0.25, -0.2) is 18.5 Å². The molecule has 272 valence electrons. The Morgan fingerprint density at radius 3 is 2.44 bits per heavy atom.